The molecule has 6 nitrogen and oxygen atoms in total. The summed E-state index contributed by atoms with van der Waals surface area (Å²) in [6, 6.07) is 13.8. The van der Waals surface area contributed by atoms with Gasteiger partial charge in [0.1, 0.15) is 11.7 Å². The molecule has 2 fully saturated rings. The van der Waals surface area contributed by atoms with Crippen LogP contribution in [0.2, 0.25) is 0 Å². The Morgan fingerprint density at radius 2 is 1.86 bits per heavy atom. The number of halogens is 1. The van der Waals surface area contributed by atoms with Gasteiger partial charge in [0, 0.05) is 16.6 Å². The fourth-order valence-electron chi connectivity index (χ4n) is 3.89. The Hall–Kier alpha value is -2.38. The summed E-state index contributed by atoms with van der Waals surface area (Å²) in [4.78, 5) is 33.4. The van der Waals surface area contributed by atoms with Crippen molar-refractivity contribution in [3.63, 3.8) is 0 Å². The summed E-state index contributed by atoms with van der Waals surface area (Å²) in [6.45, 7) is 2.41. The molecule has 28 heavy (non-hydrogen) atoms. The predicted octanol–water partition coefficient (Wildman–Crippen LogP) is 3.80. The Labute approximate surface area is 171 Å². The molecular weight excluding hydrogens is 424 g/mol. The second-order valence-electron chi connectivity index (χ2n) is 7.04. The smallest absolute Gasteiger partial charge is 0.261 e. The molecule has 3 atom stereocenters. The second kappa shape index (κ2) is 7.56. The monoisotopic (exact) mass is 444 g/mol. The van der Waals surface area contributed by atoms with Gasteiger partial charge in [0.25, 0.3) is 5.91 Å². The van der Waals surface area contributed by atoms with Crippen molar-refractivity contribution in [2.24, 2.45) is 5.92 Å². The number of hydrogen-bond acceptors (Lipinski definition) is 5. The largest absolute Gasteiger partial charge is 0.508 e. The highest BCUT2D eigenvalue weighted by Gasteiger charge is 2.60. The highest BCUT2D eigenvalue weighted by molar-refractivity contribution is 9.10. The van der Waals surface area contributed by atoms with Crippen molar-refractivity contribution in [1.29, 1.82) is 0 Å². The van der Waals surface area contributed by atoms with Gasteiger partial charge in [-0.25, -0.2) is 5.06 Å². The third kappa shape index (κ3) is 3.08. The summed E-state index contributed by atoms with van der Waals surface area (Å²) in [5.74, 6) is -1.19. The molecule has 0 unspecified atom stereocenters. The number of aromatic hydroxyl groups is 1. The molecule has 0 bridgehead atoms. The average Bonchev–Trinajstić information content (AvgIpc) is 3.20. The molecule has 2 aromatic carbocycles. The van der Waals surface area contributed by atoms with Crippen molar-refractivity contribution in [2.45, 2.75) is 31.9 Å². The lowest BCUT2D eigenvalue weighted by Crippen LogP contribution is -2.37. The number of phenolic OH excluding ortho intramolecular Hbond substituents is 1. The lowest BCUT2D eigenvalue weighted by molar-refractivity contribution is -0.143. The molecule has 1 N–H and O–H groups in total. The number of likely N-dealkylation sites (tertiary alicyclic amines) is 1. The first-order chi connectivity index (χ1) is 13.5. The molecule has 146 valence electrons. The van der Waals surface area contributed by atoms with E-state index >= 15 is 0 Å². The van der Waals surface area contributed by atoms with Crippen LogP contribution in [0.5, 0.6) is 5.75 Å². The van der Waals surface area contributed by atoms with Gasteiger partial charge in [0.15, 0.2) is 6.10 Å². The van der Waals surface area contributed by atoms with E-state index < -0.39 is 18.1 Å². The SMILES string of the molecule is CCCCN1C(=O)[C@@H]2[C@H](ON(c3ccccc3)[C@@H]2c2cc(Br)ccc2O)C1=O. The Morgan fingerprint density at radius 3 is 2.57 bits per heavy atom. The number of imide groups is 1. The number of phenols is 1. The van der Waals surface area contributed by atoms with Crippen LogP contribution in [0.4, 0.5) is 5.69 Å². The highest BCUT2D eigenvalue weighted by atomic mass is 79.9. The number of hydroxylamine groups is 1. The van der Waals surface area contributed by atoms with Crippen LogP contribution in [0.1, 0.15) is 31.4 Å². The summed E-state index contributed by atoms with van der Waals surface area (Å²) in [6.07, 6.45) is 0.763. The molecule has 2 aliphatic heterocycles. The summed E-state index contributed by atoms with van der Waals surface area (Å²) < 4.78 is 0.774. The molecule has 2 heterocycles. The molecule has 2 amide bonds. The normalized spacial score (nSPS) is 24.1. The molecule has 0 spiro atoms. The molecule has 7 heteroatoms. The van der Waals surface area contributed by atoms with Crippen LogP contribution < -0.4 is 5.06 Å². The minimum absolute atomic E-state index is 0.0608. The number of rotatable bonds is 5. The number of carbonyl (C=O) groups excluding carboxylic acids is 2. The number of nitrogens with zero attached hydrogens (tertiary/aromatic N) is 2. The second-order valence-corrected chi connectivity index (χ2v) is 7.96. The van der Waals surface area contributed by atoms with Crippen LogP contribution in [0.3, 0.4) is 0 Å². The summed E-state index contributed by atoms with van der Waals surface area (Å²) in [5, 5.41) is 12.1. The Balaban J connectivity index is 1.79. The predicted molar refractivity (Wildman–Crippen MR) is 107 cm³/mol. The van der Waals surface area contributed by atoms with Gasteiger partial charge in [-0.3, -0.25) is 19.3 Å². The van der Waals surface area contributed by atoms with E-state index in [2.05, 4.69) is 15.9 Å². The van der Waals surface area contributed by atoms with Crippen molar-refractivity contribution in [1.82, 2.24) is 4.90 Å². The van der Waals surface area contributed by atoms with E-state index in [0.29, 0.717) is 12.1 Å². The van der Waals surface area contributed by atoms with E-state index in [0.717, 1.165) is 23.0 Å². The minimum atomic E-state index is -0.882. The maximum absolute atomic E-state index is 13.2. The zero-order chi connectivity index (χ0) is 19.8. The zero-order valence-electron chi connectivity index (χ0n) is 15.4. The first-order valence-electron chi connectivity index (χ1n) is 9.37. The van der Waals surface area contributed by atoms with Crippen molar-refractivity contribution in [3.05, 3.63) is 58.6 Å². The van der Waals surface area contributed by atoms with Gasteiger partial charge in [-0.1, -0.05) is 47.5 Å². The van der Waals surface area contributed by atoms with Gasteiger partial charge in [0.2, 0.25) is 5.91 Å². The third-order valence-electron chi connectivity index (χ3n) is 5.26. The maximum Gasteiger partial charge on any atom is 0.261 e. The molecule has 2 aliphatic rings. The van der Waals surface area contributed by atoms with E-state index in [-0.39, 0.29) is 17.6 Å². The molecule has 0 aliphatic carbocycles. The maximum atomic E-state index is 13.2. The fraction of sp³-hybridized carbons (Fsp3) is 0.333. The van der Waals surface area contributed by atoms with Crippen molar-refractivity contribution in [2.75, 3.05) is 11.6 Å². The van der Waals surface area contributed by atoms with Gasteiger partial charge in [-0.2, -0.15) is 0 Å². The number of amides is 2. The van der Waals surface area contributed by atoms with E-state index in [1.165, 1.54) is 4.90 Å². The first kappa shape index (κ1) is 19.0. The number of unbranched alkanes of at least 4 members (excludes halogenated alkanes) is 1. The van der Waals surface area contributed by atoms with Crippen LogP contribution in [0.25, 0.3) is 0 Å². The number of benzene rings is 2. The van der Waals surface area contributed by atoms with E-state index in [4.69, 9.17) is 4.84 Å². The number of anilines is 1. The quantitative estimate of drug-likeness (QED) is 0.710. The lowest BCUT2D eigenvalue weighted by atomic mass is 9.90. The van der Waals surface area contributed by atoms with E-state index in [9.17, 15) is 14.7 Å². The molecule has 0 radical (unpaired) electrons. The number of carbonyl (C=O) groups is 2. The molecule has 4 rings (SSSR count). The summed E-state index contributed by atoms with van der Waals surface area (Å²) in [7, 11) is 0. The van der Waals surface area contributed by atoms with Crippen LogP contribution >= 0.6 is 15.9 Å². The Morgan fingerprint density at radius 1 is 1.11 bits per heavy atom. The van der Waals surface area contributed by atoms with Crippen molar-refractivity contribution < 1.29 is 19.5 Å². The van der Waals surface area contributed by atoms with Crippen molar-refractivity contribution >= 4 is 33.4 Å². The summed E-state index contributed by atoms with van der Waals surface area (Å²) >= 11 is 3.43. The number of hydrogen-bond donors (Lipinski definition) is 1. The highest BCUT2D eigenvalue weighted by Crippen LogP contribution is 2.49. The van der Waals surface area contributed by atoms with E-state index in [1.807, 2.05) is 37.3 Å². The topological polar surface area (TPSA) is 70.1 Å². The molecule has 0 saturated carbocycles. The van der Waals surface area contributed by atoms with Gasteiger partial charge in [-0.05, 0) is 36.8 Å². The Bertz CT molecular complexity index is 905. The van der Waals surface area contributed by atoms with Gasteiger partial charge < -0.3 is 5.11 Å². The molecule has 0 aromatic heterocycles. The van der Waals surface area contributed by atoms with Crippen LogP contribution in [0, 0.1) is 5.92 Å². The average molecular weight is 445 g/mol. The Kier molecular flexibility index (Phi) is 5.12. The minimum Gasteiger partial charge on any atom is -0.508 e. The third-order valence-corrected chi connectivity index (χ3v) is 5.75. The fourth-order valence-corrected chi connectivity index (χ4v) is 4.26. The standard InChI is InChI=1S/C21H21BrN2O4/c1-2-3-11-23-20(26)17-18(15-12-13(22)9-10-16(15)25)24(28-19(17)21(23)27)14-7-5-4-6-8-14/h4-10,12,17-19,25H,2-3,11H2,1H3/t17-,18+,19-/m0/s1. The zero-order valence-corrected chi connectivity index (χ0v) is 17.0. The van der Waals surface area contributed by atoms with Gasteiger partial charge in [-0.15, -0.1) is 0 Å². The van der Waals surface area contributed by atoms with E-state index in [1.54, 1.807) is 23.3 Å². The van der Waals surface area contributed by atoms with Crippen molar-refractivity contribution in [3.8, 4) is 5.75 Å². The number of fused-ring (bicyclic) bond motifs is 1. The van der Waals surface area contributed by atoms with Gasteiger partial charge >= 0.3 is 0 Å². The molecular formula is C21H21BrN2O4. The first-order valence-corrected chi connectivity index (χ1v) is 10.2. The van der Waals surface area contributed by atoms with Crippen LogP contribution in [-0.4, -0.2) is 34.5 Å². The van der Waals surface area contributed by atoms with Crippen LogP contribution in [0.15, 0.2) is 53.0 Å². The van der Waals surface area contributed by atoms with Gasteiger partial charge in [0.05, 0.1) is 11.7 Å². The molecule has 2 aromatic rings. The lowest BCUT2D eigenvalue weighted by Gasteiger charge is -2.29. The number of para-hydroxylation sites is 1. The van der Waals surface area contributed by atoms with Crippen LogP contribution in [-0.2, 0) is 14.4 Å². The summed E-state index contributed by atoms with van der Waals surface area (Å²) in [5.41, 5.74) is 1.27. The molecule has 2 saturated heterocycles.